The van der Waals surface area contributed by atoms with Crippen molar-refractivity contribution in [1.29, 1.82) is 0 Å². The van der Waals surface area contributed by atoms with Crippen LogP contribution in [-0.2, 0) is 19.6 Å². The number of esters is 1. The molecule has 1 aliphatic rings. The first-order valence-electron chi connectivity index (χ1n) is 9.41. The van der Waals surface area contributed by atoms with Crippen molar-refractivity contribution in [1.82, 2.24) is 4.31 Å². The molecule has 0 aromatic heterocycles. The van der Waals surface area contributed by atoms with Gasteiger partial charge in [-0.15, -0.1) is 11.8 Å². The van der Waals surface area contributed by atoms with E-state index in [0.717, 1.165) is 4.90 Å². The molecule has 0 unspecified atom stereocenters. The van der Waals surface area contributed by atoms with Gasteiger partial charge >= 0.3 is 5.97 Å². The highest BCUT2D eigenvalue weighted by atomic mass is 35.5. The number of ketones is 1. The Morgan fingerprint density at radius 3 is 2.23 bits per heavy atom. The van der Waals surface area contributed by atoms with Crippen LogP contribution in [0.2, 0.25) is 5.02 Å². The predicted octanol–water partition coefficient (Wildman–Crippen LogP) is 3.89. The fraction of sp³-hybridized carbons (Fsp3) is 0.333. The molecule has 1 saturated heterocycles. The Bertz CT molecular complexity index is 999. The molecule has 160 valence electrons. The first-order chi connectivity index (χ1) is 14.3. The first kappa shape index (κ1) is 22.8. The highest BCUT2D eigenvalue weighted by molar-refractivity contribution is 7.98. The number of Topliss-reactive ketones (excluding diaryl/α,β-unsaturated/α-hetero) is 1. The van der Waals surface area contributed by atoms with Gasteiger partial charge in [-0.2, -0.15) is 4.31 Å². The fourth-order valence-corrected chi connectivity index (χ4v) is 5.21. The number of rotatable bonds is 7. The average Bonchev–Trinajstić information content (AvgIpc) is 2.77. The van der Waals surface area contributed by atoms with Crippen LogP contribution in [0.4, 0.5) is 0 Å². The molecular formula is C21H22ClNO5S2. The van der Waals surface area contributed by atoms with Crippen LogP contribution in [0, 0.1) is 5.92 Å². The van der Waals surface area contributed by atoms with Gasteiger partial charge in [0.1, 0.15) is 0 Å². The van der Waals surface area contributed by atoms with E-state index in [1.54, 1.807) is 23.9 Å². The molecule has 0 aliphatic carbocycles. The predicted molar refractivity (Wildman–Crippen MR) is 116 cm³/mol. The molecule has 0 bridgehead atoms. The van der Waals surface area contributed by atoms with Gasteiger partial charge < -0.3 is 4.74 Å². The lowest BCUT2D eigenvalue weighted by atomic mass is 9.98. The third-order valence-electron chi connectivity index (χ3n) is 5.00. The lowest BCUT2D eigenvalue weighted by Crippen LogP contribution is -2.40. The summed E-state index contributed by atoms with van der Waals surface area (Å²) in [5, 5.41) is 0.463. The number of halogens is 1. The quantitative estimate of drug-likeness (QED) is 0.349. The van der Waals surface area contributed by atoms with Crippen molar-refractivity contribution < 1.29 is 22.7 Å². The summed E-state index contributed by atoms with van der Waals surface area (Å²) in [7, 11) is -3.63. The molecule has 0 saturated carbocycles. The lowest BCUT2D eigenvalue weighted by Gasteiger charge is -2.30. The highest BCUT2D eigenvalue weighted by Crippen LogP contribution is 2.25. The molecule has 2 aromatic carbocycles. The second kappa shape index (κ2) is 9.96. The van der Waals surface area contributed by atoms with Crippen molar-refractivity contribution in [2.45, 2.75) is 22.6 Å². The van der Waals surface area contributed by atoms with E-state index in [1.165, 1.54) is 28.6 Å². The second-order valence-corrected chi connectivity index (χ2v) is 10.1. The van der Waals surface area contributed by atoms with Crippen LogP contribution in [0.15, 0.2) is 58.3 Å². The maximum atomic E-state index is 12.7. The molecule has 6 nitrogen and oxygen atoms in total. The van der Waals surface area contributed by atoms with Crippen molar-refractivity contribution in [2.75, 3.05) is 26.0 Å². The minimum atomic E-state index is -3.63. The zero-order valence-electron chi connectivity index (χ0n) is 16.4. The largest absolute Gasteiger partial charge is 0.457 e. The van der Waals surface area contributed by atoms with Gasteiger partial charge in [-0.05, 0) is 55.5 Å². The number of hydrogen-bond donors (Lipinski definition) is 0. The van der Waals surface area contributed by atoms with Gasteiger partial charge in [0.05, 0.1) is 10.8 Å². The molecular weight excluding hydrogens is 446 g/mol. The van der Waals surface area contributed by atoms with Crippen LogP contribution in [0.1, 0.15) is 23.2 Å². The summed E-state index contributed by atoms with van der Waals surface area (Å²) in [6.07, 6.45) is 2.65. The Morgan fingerprint density at radius 1 is 1.07 bits per heavy atom. The number of sulfonamides is 1. The summed E-state index contributed by atoms with van der Waals surface area (Å²) >= 11 is 7.40. The smallest absolute Gasteiger partial charge is 0.309 e. The average molecular weight is 468 g/mol. The lowest BCUT2D eigenvalue weighted by molar-refractivity contribution is -0.148. The van der Waals surface area contributed by atoms with Crippen molar-refractivity contribution in [3.63, 3.8) is 0 Å². The monoisotopic (exact) mass is 467 g/mol. The van der Waals surface area contributed by atoms with E-state index in [4.69, 9.17) is 16.3 Å². The Labute approximate surface area is 185 Å². The van der Waals surface area contributed by atoms with Gasteiger partial charge in [0, 0.05) is 28.6 Å². The van der Waals surface area contributed by atoms with Crippen LogP contribution in [0.3, 0.4) is 0 Å². The van der Waals surface area contributed by atoms with E-state index in [-0.39, 0.29) is 30.4 Å². The second-order valence-electron chi connectivity index (χ2n) is 6.89. The number of nitrogens with zero attached hydrogens (tertiary/aromatic N) is 1. The zero-order valence-corrected chi connectivity index (χ0v) is 18.8. The number of piperidine rings is 1. The summed E-state index contributed by atoms with van der Waals surface area (Å²) < 4.78 is 32.0. The van der Waals surface area contributed by atoms with Crippen LogP contribution in [-0.4, -0.2) is 50.4 Å². The van der Waals surface area contributed by atoms with E-state index in [9.17, 15) is 18.0 Å². The normalized spacial score (nSPS) is 15.7. The number of carbonyl (C=O) groups excluding carboxylic acids is 2. The van der Waals surface area contributed by atoms with Crippen molar-refractivity contribution in [3.8, 4) is 0 Å². The topological polar surface area (TPSA) is 80.8 Å². The third-order valence-corrected chi connectivity index (χ3v) is 7.90. The zero-order chi connectivity index (χ0) is 21.7. The van der Waals surface area contributed by atoms with Gasteiger partial charge in [0.25, 0.3) is 0 Å². The van der Waals surface area contributed by atoms with Crippen LogP contribution >= 0.6 is 23.4 Å². The van der Waals surface area contributed by atoms with Gasteiger partial charge in [-0.25, -0.2) is 8.42 Å². The SMILES string of the molecule is CSc1ccc(C(=O)COC(=O)C2CCN(S(=O)(=O)c3ccc(Cl)cc3)CC2)cc1. The van der Waals surface area contributed by atoms with E-state index in [1.807, 2.05) is 18.4 Å². The molecule has 0 atom stereocenters. The van der Waals surface area contributed by atoms with Gasteiger partial charge in [0.2, 0.25) is 10.0 Å². The Balaban J connectivity index is 1.51. The van der Waals surface area contributed by atoms with Gasteiger partial charge in [-0.1, -0.05) is 23.7 Å². The summed E-state index contributed by atoms with van der Waals surface area (Å²) in [4.78, 5) is 25.8. The summed E-state index contributed by atoms with van der Waals surface area (Å²) in [6, 6.07) is 13.1. The van der Waals surface area contributed by atoms with Crippen LogP contribution in [0.5, 0.6) is 0 Å². The molecule has 0 N–H and O–H groups in total. The highest BCUT2D eigenvalue weighted by Gasteiger charge is 2.33. The summed E-state index contributed by atoms with van der Waals surface area (Å²) in [5.74, 6) is -1.15. The van der Waals surface area contributed by atoms with Crippen LogP contribution < -0.4 is 0 Å². The minimum Gasteiger partial charge on any atom is -0.457 e. The van der Waals surface area contributed by atoms with Crippen molar-refractivity contribution in [3.05, 3.63) is 59.1 Å². The van der Waals surface area contributed by atoms with Crippen molar-refractivity contribution in [2.24, 2.45) is 5.92 Å². The number of hydrogen-bond acceptors (Lipinski definition) is 6. The molecule has 0 amide bonds. The van der Waals surface area contributed by atoms with Gasteiger partial charge in [0.15, 0.2) is 12.4 Å². The van der Waals surface area contributed by atoms with Crippen molar-refractivity contribution >= 4 is 45.1 Å². The summed E-state index contributed by atoms with van der Waals surface area (Å²) in [5.41, 5.74) is 0.490. The fourth-order valence-electron chi connectivity index (χ4n) is 3.20. The number of thioether (sulfide) groups is 1. The molecule has 0 radical (unpaired) electrons. The Hall–Kier alpha value is -1.87. The first-order valence-corrected chi connectivity index (χ1v) is 12.4. The minimum absolute atomic E-state index is 0.172. The summed E-state index contributed by atoms with van der Waals surface area (Å²) in [6.45, 7) is 0.115. The maximum absolute atomic E-state index is 12.7. The molecule has 1 fully saturated rings. The number of carbonyl (C=O) groups is 2. The molecule has 1 aliphatic heterocycles. The van der Waals surface area contributed by atoms with E-state index in [0.29, 0.717) is 23.4 Å². The standard InChI is InChI=1S/C21H22ClNO5S2/c1-29-18-6-2-15(3-7-18)20(24)14-28-21(25)16-10-12-23(13-11-16)30(26,27)19-8-4-17(22)5-9-19/h2-9,16H,10-14H2,1H3. The molecule has 9 heteroatoms. The molecule has 1 heterocycles. The molecule has 3 rings (SSSR count). The number of ether oxygens (including phenoxy) is 1. The molecule has 30 heavy (non-hydrogen) atoms. The number of benzene rings is 2. The van der Waals surface area contributed by atoms with E-state index in [2.05, 4.69) is 0 Å². The van der Waals surface area contributed by atoms with E-state index >= 15 is 0 Å². The third kappa shape index (κ3) is 5.43. The molecule has 2 aromatic rings. The maximum Gasteiger partial charge on any atom is 0.309 e. The molecule has 0 spiro atoms. The van der Waals surface area contributed by atoms with Gasteiger partial charge in [-0.3, -0.25) is 9.59 Å². The van der Waals surface area contributed by atoms with Crippen LogP contribution in [0.25, 0.3) is 0 Å². The Morgan fingerprint density at radius 2 is 1.67 bits per heavy atom. The Kier molecular flexibility index (Phi) is 7.57. The van der Waals surface area contributed by atoms with E-state index < -0.39 is 21.9 Å².